The molecular weight excluding hydrogens is 454 g/mol. The van der Waals surface area contributed by atoms with Crippen LogP contribution in [0.5, 0.6) is 17.4 Å². The summed E-state index contributed by atoms with van der Waals surface area (Å²) in [5.74, 6) is 3.05. The van der Waals surface area contributed by atoms with Gasteiger partial charge in [0.25, 0.3) is 0 Å². The van der Waals surface area contributed by atoms with Crippen LogP contribution in [0, 0.1) is 0 Å². The molecule has 0 spiro atoms. The lowest BCUT2D eigenvalue weighted by Gasteiger charge is -2.19. The van der Waals surface area contributed by atoms with Gasteiger partial charge in [-0.1, -0.05) is 49.4 Å². The average Bonchev–Trinajstić information content (AvgIpc) is 3.71. The molecule has 6 nitrogen and oxygen atoms in total. The van der Waals surface area contributed by atoms with Crippen molar-refractivity contribution in [1.82, 2.24) is 4.98 Å². The van der Waals surface area contributed by atoms with Crippen LogP contribution in [-0.2, 0) is 22.5 Å². The molecular formula is C30H37NO5. The van der Waals surface area contributed by atoms with E-state index in [9.17, 15) is 0 Å². The van der Waals surface area contributed by atoms with Gasteiger partial charge in [0.1, 0.15) is 30.8 Å². The number of ether oxygens (including phenoxy) is 5. The lowest BCUT2D eigenvalue weighted by molar-refractivity contribution is -0.000139. The Morgan fingerprint density at radius 1 is 0.889 bits per heavy atom. The van der Waals surface area contributed by atoms with Crippen LogP contribution < -0.4 is 14.2 Å². The summed E-state index contributed by atoms with van der Waals surface area (Å²) in [4.78, 5) is 4.99. The molecule has 3 atom stereocenters. The average molecular weight is 492 g/mol. The van der Waals surface area contributed by atoms with Crippen LogP contribution in [0.4, 0.5) is 0 Å². The van der Waals surface area contributed by atoms with Gasteiger partial charge in [0, 0.05) is 31.8 Å². The lowest BCUT2D eigenvalue weighted by atomic mass is 10.0. The highest BCUT2D eigenvalue weighted by Gasteiger charge is 2.42. The highest BCUT2D eigenvalue weighted by Crippen LogP contribution is 2.56. The number of hydrogen-bond donors (Lipinski definition) is 0. The smallest absolute Gasteiger partial charge is 0.217 e. The molecule has 192 valence electrons. The summed E-state index contributed by atoms with van der Waals surface area (Å²) < 4.78 is 28.7. The van der Waals surface area contributed by atoms with E-state index in [1.165, 1.54) is 5.56 Å². The van der Waals surface area contributed by atoms with Crippen molar-refractivity contribution in [3.63, 3.8) is 0 Å². The summed E-state index contributed by atoms with van der Waals surface area (Å²) in [6.45, 7) is 6.13. The molecule has 1 saturated carbocycles. The van der Waals surface area contributed by atoms with Crippen LogP contribution in [0.3, 0.4) is 0 Å². The molecule has 0 bridgehead atoms. The van der Waals surface area contributed by atoms with Crippen molar-refractivity contribution in [3.8, 4) is 17.4 Å². The Morgan fingerprint density at radius 2 is 1.67 bits per heavy atom. The zero-order chi connectivity index (χ0) is 25.3. The predicted molar refractivity (Wildman–Crippen MR) is 140 cm³/mol. The van der Waals surface area contributed by atoms with E-state index in [0.29, 0.717) is 44.1 Å². The third-order valence-corrected chi connectivity index (χ3v) is 6.55. The molecule has 0 N–H and O–H groups in total. The van der Waals surface area contributed by atoms with Gasteiger partial charge in [-0.05, 0) is 48.9 Å². The highest BCUT2D eigenvalue weighted by atomic mass is 16.6. The van der Waals surface area contributed by atoms with E-state index in [1.54, 1.807) is 14.2 Å². The summed E-state index contributed by atoms with van der Waals surface area (Å²) in [5, 5.41) is 0. The minimum absolute atomic E-state index is 0.169. The number of methoxy groups -OCH3 is 2. The molecule has 2 aromatic carbocycles. The summed E-state index contributed by atoms with van der Waals surface area (Å²) in [5.41, 5.74) is 4.65. The molecule has 6 heteroatoms. The Morgan fingerprint density at radius 3 is 2.33 bits per heavy atom. The van der Waals surface area contributed by atoms with Crippen molar-refractivity contribution < 1.29 is 23.7 Å². The van der Waals surface area contributed by atoms with Crippen molar-refractivity contribution in [2.24, 2.45) is 0 Å². The first-order valence-corrected chi connectivity index (χ1v) is 12.7. The SMILES string of the molecule is CCOc1ccc(C2CC2c2nc(OCC(COC)OC)cc(OCc3ccccc3)c2CC)cc1. The minimum atomic E-state index is -0.169. The Balaban J connectivity index is 1.58. The molecule has 0 radical (unpaired) electrons. The molecule has 0 aliphatic heterocycles. The van der Waals surface area contributed by atoms with Crippen LogP contribution in [0.15, 0.2) is 60.7 Å². The largest absolute Gasteiger partial charge is 0.494 e. The van der Waals surface area contributed by atoms with Gasteiger partial charge in [0.2, 0.25) is 5.88 Å². The predicted octanol–water partition coefficient (Wildman–Crippen LogP) is 5.93. The molecule has 1 aliphatic carbocycles. The summed E-state index contributed by atoms with van der Waals surface area (Å²) in [7, 11) is 3.31. The van der Waals surface area contributed by atoms with E-state index < -0.39 is 0 Å². The van der Waals surface area contributed by atoms with Gasteiger partial charge in [-0.25, -0.2) is 4.98 Å². The van der Waals surface area contributed by atoms with Gasteiger partial charge in [-0.2, -0.15) is 0 Å². The summed E-state index contributed by atoms with van der Waals surface area (Å²) in [6, 6.07) is 20.6. The maximum absolute atomic E-state index is 6.35. The first-order valence-electron chi connectivity index (χ1n) is 12.7. The third kappa shape index (κ3) is 6.56. The van der Waals surface area contributed by atoms with E-state index in [0.717, 1.165) is 41.2 Å². The Kier molecular flexibility index (Phi) is 9.20. The van der Waals surface area contributed by atoms with Gasteiger partial charge in [0.05, 0.1) is 18.9 Å². The van der Waals surface area contributed by atoms with Crippen LogP contribution in [-0.4, -0.2) is 45.1 Å². The maximum Gasteiger partial charge on any atom is 0.217 e. The van der Waals surface area contributed by atoms with E-state index in [4.69, 9.17) is 28.7 Å². The van der Waals surface area contributed by atoms with Crippen molar-refractivity contribution in [3.05, 3.63) is 83.0 Å². The fraction of sp³-hybridized carbons (Fsp3) is 0.433. The number of hydrogen-bond acceptors (Lipinski definition) is 6. The fourth-order valence-corrected chi connectivity index (χ4v) is 4.54. The number of pyridine rings is 1. The van der Waals surface area contributed by atoms with Crippen molar-refractivity contribution in [2.75, 3.05) is 34.0 Å². The standard InChI is InChI=1S/C30H37NO5/c1-5-25-28(35-18-21-10-8-7-9-11-21)17-29(36-20-24(33-4)19-32-3)31-30(25)27-16-26(27)22-12-14-23(15-13-22)34-6-2/h7-15,17,24,26-27H,5-6,16,18-20H2,1-4H3. The molecule has 1 fully saturated rings. The number of benzene rings is 2. The van der Waals surface area contributed by atoms with Crippen LogP contribution in [0.25, 0.3) is 0 Å². The molecule has 4 rings (SSSR count). The van der Waals surface area contributed by atoms with E-state index in [-0.39, 0.29) is 6.10 Å². The normalized spacial score (nSPS) is 17.4. The molecule has 0 amide bonds. The Labute approximate surface area is 214 Å². The number of nitrogens with zero attached hydrogens (tertiary/aromatic N) is 1. The molecule has 1 aromatic heterocycles. The third-order valence-electron chi connectivity index (χ3n) is 6.55. The first-order chi connectivity index (χ1) is 17.7. The molecule has 36 heavy (non-hydrogen) atoms. The van der Waals surface area contributed by atoms with Crippen LogP contribution >= 0.6 is 0 Å². The highest BCUT2D eigenvalue weighted by molar-refractivity contribution is 5.47. The van der Waals surface area contributed by atoms with Gasteiger partial charge in [-0.3, -0.25) is 0 Å². The number of aromatic nitrogens is 1. The van der Waals surface area contributed by atoms with E-state index >= 15 is 0 Å². The van der Waals surface area contributed by atoms with Gasteiger partial charge < -0.3 is 23.7 Å². The zero-order valence-electron chi connectivity index (χ0n) is 21.7. The summed E-state index contributed by atoms with van der Waals surface area (Å²) in [6.07, 6.45) is 1.72. The monoisotopic (exact) mass is 491 g/mol. The molecule has 3 aromatic rings. The zero-order valence-corrected chi connectivity index (χ0v) is 21.7. The number of rotatable bonds is 14. The second-order valence-electron chi connectivity index (χ2n) is 9.03. The second-order valence-corrected chi connectivity index (χ2v) is 9.03. The topological polar surface area (TPSA) is 59.0 Å². The lowest BCUT2D eigenvalue weighted by Crippen LogP contribution is -2.25. The van der Waals surface area contributed by atoms with E-state index in [1.807, 2.05) is 31.2 Å². The van der Waals surface area contributed by atoms with Crippen molar-refractivity contribution in [2.45, 2.75) is 51.2 Å². The summed E-state index contributed by atoms with van der Waals surface area (Å²) >= 11 is 0. The molecule has 1 heterocycles. The van der Waals surface area contributed by atoms with Crippen LogP contribution in [0.2, 0.25) is 0 Å². The molecule has 1 aliphatic rings. The van der Waals surface area contributed by atoms with E-state index in [2.05, 4.69) is 43.3 Å². The Hall–Kier alpha value is -3.09. The minimum Gasteiger partial charge on any atom is -0.494 e. The van der Waals surface area contributed by atoms with Gasteiger partial charge >= 0.3 is 0 Å². The second kappa shape index (κ2) is 12.7. The first kappa shape index (κ1) is 26.0. The maximum atomic E-state index is 6.35. The van der Waals surface area contributed by atoms with Gasteiger partial charge in [0.15, 0.2) is 0 Å². The molecule has 3 unspecified atom stereocenters. The Bertz CT molecular complexity index is 1090. The van der Waals surface area contributed by atoms with Crippen molar-refractivity contribution in [1.29, 1.82) is 0 Å². The van der Waals surface area contributed by atoms with Crippen molar-refractivity contribution >= 4 is 0 Å². The van der Waals surface area contributed by atoms with Gasteiger partial charge in [-0.15, -0.1) is 0 Å². The van der Waals surface area contributed by atoms with Crippen LogP contribution in [0.1, 0.15) is 54.5 Å². The molecule has 0 saturated heterocycles. The fourth-order valence-electron chi connectivity index (χ4n) is 4.54. The quantitative estimate of drug-likeness (QED) is 0.278.